The molecule has 0 aromatic heterocycles. The largest absolute Gasteiger partial charge is 0.478 e. The van der Waals surface area contributed by atoms with Crippen molar-refractivity contribution in [1.29, 1.82) is 5.26 Å². The van der Waals surface area contributed by atoms with Crippen LogP contribution in [0.25, 0.3) is 0 Å². The van der Waals surface area contributed by atoms with Crippen LogP contribution in [0.1, 0.15) is 34.3 Å². The summed E-state index contributed by atoms with van der Waals surface area (Å²) in [5.41, 5.74) is 0.473. The molecule has 2 N–H and O–H groups in total. The van der Waals surface area contributed by atoms with E-state index >= 15 is 0 Å². The molecule has 0 atom stereocenters. The Bertz CT molecular complexity index is 1030. The Morgan fingerprint density at radius 1 is 1.07 bits per heavy atom. The number of aliphatic hydroxyl groups is 1. The normalized spacial score (nSPS) is 16.7. The number of benzene rings is 2. The third-order valence-corrected chi connectivity index (χ3v) is 7.41. The topological polar surface area (TPSA) is 119 Å². The van der Waals surface area contributed by atoms with Gasteiger partial charge in [-0.15, -0.1) is 0 Å². The fourth-order valence-corrected chi connectivity index (χ4v) is 5.33. The number of likely N-dealkylation sites (tertiary alicyclic amines) is 1. The number of sulfone groups is 1. The van der Waals surface area contributed by atoms with Gasteiger partial charge < -0.3 is 15.1 Å². The Hall–Kier alpha value is -2.73. The first kappa shape index (κ1) is 22.0. The third-order valence-electron chi connectivity index (χ3n) is 5.51. The Morgan fingerprint density at radius 2 is 1.67 bits per heavy atom. The maximum Gasteiger partial charge on any atom is 0.335 e. The Labute approximate surface area is 176 Å². The van der Waals surface area contributed by atoms with Gasteiger partial charge in [0.15, 0.2) is 9.84 Å². The van der Waals surface area contributed by atoms with E-state index in [1.807, 2.05) is 12.1 Å². The zero-order chi connectivity index (χ0) is 21.8. The van der Waals surface area contributed by atoms with Gasteiger partial charge in [0.05, 0.1) is 33.4 Å². The highest BCUT2D eigenvalue weighted by atomic mass is 32.2. The molecule has 2 aromatic carbocycles. The molecule has 1 aliphatic heterocycles. The van der Waals surface area contributed by atoms with Gasteiger partial charge in [0.2, 0.25) is 0 Å². The van der Waals surface area contributed by atoms with Gasteiger partial charge in [-0.1, -0.05) is 12.1 Å². The van der Waals surface area contributed by atoms with E-state index in [1.165, 1.54) is 24.3 Å². The summed E-state index contributed by atoms with van der Waals surface area (Å²) in [6.07, 6.45) is 1.53. The van der Waals surface area contributed by atoms with Crippen LogP contribution in [0.5, 0.6) is 0 Å². The van der Waals surface area contributed by atoms with Crippen LogP contribution in [0.4, 0.5) is 0 Å². The van der Waals surface area contributed by atoms with Gasteiger partial charge >= 0.3 is 5.97 Å². The van der Waals surface area contributed by atoms with E-state index in [0.29, 0.717) is 31.5 Å². The van der Waals surface area contributed by atoms with Crippen LogP contribution in [0.2, 0.25) is 0 Å². The molecule has 7 nitrogen and oxygen atoms in total. The molecule has 2 aromatic rings. The van der Waals surface area contributed by atoms with Crippen molar-refractivity contribution in [3.63, 3.8) is 0 Å². The highest BCUT2D eigenvalue weighted by Gasteiger charge is 2.37. The first-order valence-electron chi connectivity index (χ1n) is 9.71. The third kappa shape index (κ3) is 5.45. The number of hydrogen-bond donors (Lipinski definition) is 2. The van der Waals surface area contributed by atoms with Crippen molar-refractivity contribution in [1.82, 2.24) is 4.90 Å². The van der Waals surface area contributed by atoms with Crippen LogP contribution in [0.15, 0.2) is 53.4 Å². The van der Waals surface area contributed by atoms with E-state index in [1.54, 1.807) is 12.1 Å². The summed E-state index contributed by atoms with van der Waals surface area (Å²) in [4.78, 5) is 13.1. The lowest BCUT2D eigenvalue weighted by Crippen LogP contribution is -2.48. The standard InChI is InChI=1S/C22H24N2O5S/c23-15-18-3-1-17(2-4-18)9-12-24-13-10-22(27,11-14-24)16-30(28,29)20-7-5-19(6-8-20)21(25)26/h1-8,27H,9-14,16H2,(H,25,26). The summed E-state index contributed by atoms with van der Waals surface area (Å²) in [5, 5.41) is 28.6. The number of carboxylic acids is 1. The van der Waals surface area contributed by atoms with Gasteiger partial charge in [0.1, 0.15) is 0 Å². The van der Waals surface area contributed by atoms with Crippen molar-refractivity contribution in [2.24, 2.45) is 0 Å². The van der Waals surface area contributed by atoms with Crippen LogP contribution in [0.3, 0.4) is 0 Å². The summed E-state index contributed by atoms with van der Waals surface area (Å²) in [6, 6.07) is 14.6. The molecule has 0 bridgehead atoms. The number of hydrogen-bond acceptors (Lipinski definition) is 6. The molecule has 0 unspecified atom stereocenters. The second-order valence-corrected chi connectivity index (χ2v) is 9.70. The van der Waals surface area contributed by atoms with Crippen molar-refractivity contribution in [3.05, 3.63) is 65.2 Å². The van der Waals surface area contributed by atoms with E-state index in [2.05, 4.69) is 11.0 Å². The van der Waals surface area contributed by atoms with Gasteiger partial charge in [-0.2, -0.15) is 5.26 Å². The number of piperidine rings is 1. The monoisotopic (exact) mass is 428 g/mol. The summed E-state index contributed by atoms with van der Waals surface area (Å²) in [7, 11) is -3.73. The predicted octanol–water partition coefficient (Wildman–Crippen LogP) is 2.10. The summed E-state index contributed by atoms with van der Waals surface area (Å²) >= 11 is 0. The quantitative estimate of drug-likeness (QED) is 0.693. The molecule has 0 amide bonds. The van der Waals surface area contributed by atoms with Crippen molar-refractivity contribution >= 4 is 15.8 Å². The second kappa shape index (κ2) is 8.96. The van der Waals surface area contributed by atoms with Crippen LogP contribution >= 0.6 is 0 Å². The van der Waals surface area contributed by atoms with E-state index < -0.39 is 21.4 Å². The molecule has 0 radical (unpaired) electrons. The lowest BCUT2D eigenvalue weighted by molar-refractivity contribution is -0.00210. The van der Waals surface area contributed by atoms with Crippen molar-refractivity contribution in [3.8, 4) is 6.07 Å². The highest BCUT2D eigenvalue weighted by Crippen LogP contribution is 2.27. The van der Waals surface area contributed by atoms with Crippen molar-refractivity contribution in [2.75, 3.05) is 25.4 Å². The zero-order valence-electron chi connectivity index (χ0n) is 16.5. The van der Waals surface area contributed by atoms with Gasteiger partial charge in [-0.25, -0.2) is 13.2 Å². The molecular weight excluding hydrogens is 404 g/mol. The maximum absolute atomic E-state index is 12.7. The average molecular weight is 429 g/mol. The first-order valence-corrected chi connectivity index (χ1v) is 11.4. The second-order valence-electron chi connectivity index (χ2n) is 7.71. The summed E-state index contributed by atoms with van der Waals surface area (Å²) < 4.78 is 25.4. The Morgan fingerprint density at radius 3 is 2.20 bits per heavy atom. The van der Waals surface area contributed by atoms with Crippen molar-refractivity contribution in [2.45, 2.75) is 29.8 Å². The molecule has 30 heavy (non-hydrogen) atoms. The van der Waals surface area contributed by atoms with E-state index in [9.17, 15) is 18.3 Å². The average Bonchev–Trinajstić information content (AvgIpc) is 2.73. The number of nitrogens with zero attached hydrogens (tertiary/aromatic N) is 2. The fraction of sp³-hybridized carbons (Fsp3) is 0.364. The molecule has 0 aliphatic carbocycles. The number of rotatable bonds is 7. The molecular formula is C22H24N2O5S. The van der Waals surface area contributed by atoms with Gasteiger partial charge in [-0.3, -0.25) is 0 Å². The smallest absolute Gasteiger partial charge is 0.335 e. The maximum atomic E-state index is 12.7. The number of carbonyl (C=O) groups is 1. The molecule has 3 rings (SSSR count). The van der Waals surface area contributed by atoms with E-state index in [0.717, 1.165) is 18.5 Å². The SMILES string of the molecule is N#Cc1ccc(CCN2CCC(O)(CS(=O)(=O)c3ccc(C(=O)O)cc3)CC2)cc1. The molecule has 1 fully saturated rings. The summed E-state index contributed by atoms with van der Waals surface area (Å²) in [5.74, 6) is -1.50. The van der Waals surface area contributed by atoms with E-state index in [4.69, 9.17) is 10.4 Å². The Kier molecular flexibility index (Phi) is 6.56. The first-order chi connectivity index (χ1) is 14.2. The van der Waals surface area contributed by atoms with Gasteiger partial charge in [-0.05, 0) is 61.2 Å². The predicted molar refractivity (Wildman–Crippen MR) is 111 cm³/mol. The van der Waals surface area contributed by atoms with Crippen LogP contribution in [-0.4, -0.2) is 60.5 Å². The van der Waals surface area contributed by atoms with Crippen molar-refractivity contribution < 1.29 is 23.4 Å². The van der Waals surface area contributed by atoms with Gasteiger partial charge in [0.25, 0.3) is 0 Å². The molecule has 1 saturated heterocycles. The van der Waals surface area contributed by atoms with Crippen LogP contribution in [-0.2, 0) is 16.3 Å². The minimum Gasteiger partial charge on any atom is -0.478 e. The molecule has 1 heterocycles. The molecule has 8 heteroatoms. The highest BCUT2D eigenvalue weighted by molar-refractivity contribution is 7.91. The van der Waals surface area contributed by atoms with Crippen LogP contribution in [0, 0.1) is 11.3 Å². The van der Waals surface area contributed by atoms with Gasteiger partial charge in [0, 0.05) is 19.6 Å². The molecule has 1 aliphatic rings. The summed E-state index contributed by atoms with van der Waals surface area (Å²) in [6.45, 7) is 1.99. The fourth-order valence-electron chi connectivity index (χ4n) is 3.61. The van der Waals surface area contributed by atoms with E-state index in [-0.39, 0.29) is 16.2 Å². The minimum absolute atomic E-state index is 0.0169. The van der Waals surface area contributed by atoms with Crippen LogP contribution < -0.4 is 0 Å². The number of aromatic carboxylic acids is 1. The molecule has 0 spiro atoms. The molecule has 158 valence electrons. The lowest BCUT2D eigenvalue weighted by atomic mass is 9.93. The Balaban J connectivity index is 1.54. The zero-order valence-corrected chi connectivity index (χ0v) is 17.3. The minimum atomic E-state index is -3.73. The number of carboxylic acid groups (broad SMARTS) is 1. The lowest BCUT2D eigenvalue weighted by Gasteiger charge is -2.38. The molecule has 0 saturated carbocycles. The number of nitriles is 1.